The number of aliphatic hydroxyl groups excluding tert-OH is 1. The summed E-state index contributed by atoms with van der Waals surface area (Å²) in [6.07, 6.45) is -4.81. The van der Waals surface area contributed by atoms with E-state index in [2.05, 4.69) is 15.2 Å². The van der Waals surface area contributed by atoms with Crippen molar-refractivity contribution in [3.63, 3.8) is 0 Å². The van der Waals surface area contributed by atoms with Crippen LogP contribution in [0.25, 0.3) is 5.69 Å². The lowest BCUT2D eigenvalue weighted by Gasteiger charge is -2.18. The third kappa shape index (κ3) is 3.08. The Morgan fingerprint density at radius 3 is 2.34 bits per heavy atom. The number of hydrogen-bond acceptors (Lipinski definition) is 4. The van der Waals surface area contributed by atoms with Crippen LogP contribution in [0.5, 0.6) is 0 Å². The van der Waals surface area contributed by atoms with Gasteiger partial charge in [-0.25, -0.2) is 8.78 Å². The number of rotatable bonds is 2. The zero-order valence-electron chi connectivity index (χ0n) is 14.3. The number of aliphatic imine (C=N–C) groups is 1. The molecule has 2 heterocycles. The van der Waals surface area contributed by atoms with Crippen molar-refractivity contribution in [2.75, 3.05) is 0 Å². The monoisotopic (exact) mass is 428 g/mol. The van der Waals surface area contributed by atoms with E-state index in [1.165, 1.54) is 4.57 Å². The highest BCUT2D eigenvalue weighted by molar-refractivity contribution is 6.37. The van der Waals surface area contributed by atoms with E-state index in [0.29, 0.717) is 0 Å². The number of benzene rings is 2. The Labute approximate surface area is 165 Å². The smallest absolute Gasteiger partial charge is 0.388 e. The molecule has 1 aromatic heterocycles. The first-order chi connectivity index (χ1) is 13.7. The van der Waals surface area contributed by atoms with E-state index in [4.69, 9.17) is 11.6 Å². The number of hydrogen-bond donors (Lipinski definition) is 1. The standard InChI is InChI=1S/C18H10ClF5N4O/c19-16-8(18(22,23)24)4-5-11-15(16)17(14-9(20)2-1-3-10(14)21)25-6-12-26-27-13(7-29)28(11)12/h1-5,29H,6-7H2. The third-order valence-corrected chi connectivity index (χ3v) is 4.81. The Morgan fingerprint density at radius 1 is 1.03 bits per heavy atom. The Morgan fingerprint density at radius 2 is 1.72 bits per heavy atom. The summed E-state index contributed by atoms with van der Waals surface area (Å²) in [7, 11) is 0. The summed E-state index contributed by atoms with van der Waals surface area (Å²) in [5, 5.41) is 16.4. The predicted molar refractivity (Wildman–Crippen MR) is 93.0 cm³/mol. The fourth-order valence-electron chi connectivity index (χ4n) is 3.19. The van der Waals surface area contributed by atoms with E-state index in [-0.39, 0.29) is 35.2 Å². The van der Waals surface area contributed by atoms with E-state index in [1.54, 1.807) is 0 Å². The third-order valence-electron chi connectivity index (χ3n) is 4.42. The molecule has 0 unspecified atom stereocenters. The first kappa shape index (κ1) is 19.5. The lowest BCUT2D eigenvalue weighted by atomic mass is 9.97. The quantitative estimate of drug-likeness (QED) is 0.626. The van der Waals surface area contributed by atoms with Gasteiger partial charge in [0.15, 0.2) is 11.6 Å². The van der Waals surface area contributed by atoms with Gasteiger partial charge in [-0.15, -0.1) is 10.2 Å². The molecule has 4 rings (SSSR count). The van der Waals surface area contributed by atoms with Gasteiger partial charge in [0.2, 0.25) is 0 Å². The topological polar surface area (TPSA) is 63.3 Å². The van der Waals surface area contributed by atoms with Crippen LogP contribution in [-0.2, 0) is 19.3 Å². The van der Waals surface area contributed by atoms with Gasteiger partial charge in [-0.1, -0.05) is 17.7 Å². The highest BCUT2D eigenvalue weighted by Crippen LogP contribution is 2.41. The minimum absolute atomic E-state index is 0.0162. The average Bonchev–Trinajstić information content (AvgIpc) is 2.98. The van der Waals surface area contributed by atoms with Crippen LogP contribution in [0.1, 0.15) is 28.3 Å². The SMILES string of the molecule is OCc1nnc2n1-c1ccc(C(F)(F)F)c(Cl)c1C(c1c(F)cccc1F)=NC2. The normalized spacial score (nSPS) is 13.6. The van der Waals surface area contributed by atoms with Crippen molar-refractivity contribution in [1.82, 2.24) is 14.8 Å². The first-order valence-corrected chi connectivity index (χ1v) is 8.55. The molecule has 0 radical (unpaired) electrons. The lowest BCUT2D eigenvalue weighted by Crippen LogP contribution is -2.16. The summed E-state index contributed by atoms with van der Waals surface area (Å²) >= 11 is 6.10. The largest absolute Gasteiger partial charge is 0.417 e. The minimum Gasteiger partial charge on any atom is -0.388 e. The zero-order chi connectivity index (χ0) is 20.9. The fraction of sp³-hybridized carbons (Fsp3) is 0.167. The molecule has 0 saturated carbocycles. The van der Waals surface area contributed by atoms with Crippen LogP contribution >= 0.6 is 11.6 Å². The van der Waals surface area contributed by atoms with Gasteiger partial charge in [0.05, 0.1) is 27.5 Å². The van der Waals surface area contributed by atoms with Crippen LogP contribution in [0.4, 0.5) is 22.0 Å². The molecule has 0 bridgehead atoms. The van der Waals surface area contributed by atoms with E-state index in [1.807, 2.05) is 0 Å². The summed E-state index contributed by atoms with van der Waals surface area (Å²) < 4.78 is 70.5. The molecule has 1 aliphatic rings. The molecular formula is C18H10ClF5N4O. The molecule has 11 heteroatoms. The molecule has 0 saturated heterocycles. The zero-order valence-corrected chi connectivity index (χ0v) is 15.1. The van der Waals surface area contributed by atoms with Gasteiger partial charge in [-0.2, -0.15) is 13.2 Å². The highest BCUT2D eigenvalue weighted by Gasteiger charge is 2.37. The van der Waals surface area contributed by atoms with Gasteiger partial charge in [-0.3, -0.25) is 9.56 Å². The molecule has 5 nitrogen and oxygen atoms in total. The minimum atomic E-state index is -4.81. The molecular weight excluding hydrogens is 419 g/mol. The number of aromatic nitrogens is 3. The number of aliphatic hydroxyl groups is 1. The molecule has 3 aromatic rings. The Kier molecular flexibility index (Phi) is 4.62. The maximum Gasteiger partial charge on any atom is 0.417 e. The molecule has 150 valence electrons. The summed E-state index contributed by atoms with van der Waals surface area (Å²) in [6.45, 7) is -0.822. The second-order valence-electron chi connectivity index (χ2n) is 6.11. The molecule has 0 atom stereocenters. The number of halogens is 6. The van der Waals surface area contributed by atoms with Crippen LogP contribution in [-0.4, -0.2) is 25.6 Å². The van der Waals surface area contributed by atoms with Gasteiger partial charge in [0.1, 0.15) is 24.8 Å². The van der Waals surface area contributed by atoms with Crippen LogP contribution in [0.15, 0.2) is 35.3 Å². The van der Waals surface area contributed by atoms with E-state index < -0.39 is 40.6 Å². The fourth-order valence-corrected chi connectivity index (χ4v) is 3.55. The molecule has 0 fully saturated rings. The maximum atomic E-state index is 14.5. The molecule has 0 amide bonds. The highest BCUT2D eigenvalue weighted by atomic mass is 35.5. The second-order valence-corrected chi connectivity index (χ2v) is 6.48. The summed E-state index contributed by atoms with van der Waals surface area (Å²) in [4.78, 5) is 4.11. The lowest BCUT2D eigenvalue weighted by molar-refractivity contribution is -0.137. The van der Waals surface area contributed by atoms with Gasteiger partial charge in [0, 0.05) is 5.56 Å². The van der Waals surface area contributed by atoms with Gasteiger partial charge >= 0.3 is 6.18 Å². The van der Waals surface area contributed by atoms with Crippen molar-refractivity contribution < 1.29 is 27.1 Å². The maximum absolute atomic E-state index is 14.5. The number of nitrogens with zero attached hydrogens (tertiary/aromatic N) is 4. The van der Waals surface area contributed by atoms with Crippen molar-refractivity contribution in [2.45, 2.75) is 19.3 Å². The second kappa shape index (κ2) is 6.89. The van der Waals surface area contributed by atoms with Crippen molar-refractivity contribution in [2.24, 2.45) is 4.99 Å². The Bertz CT molecular complexity index is 1140. The molecule has 0 spiro atoms. The summed E-state index contributed by atoms with van der Waals surface area (Å²) in [6, 6.07) is 4.87. The van der Waals surface area contributed by atoms with Crippen LogP contribution in [0, 0.1) is 11.6 Å². The van der Waals surface area contributed by atoms with Gasteiger partial charge in [-0.05, 0) is 24.3 Å². The van der Waals surface area contributed by atoms with Crippen molar-refractivity contribution in [3.05, 3.63) is 75.3 Å². The van der Waals surface area contributed by atoms with Crippen molar-refractivity contribution >= 4 is 17.3 Å². The Balaban J connectivity index is 2.11. The first-order valence-electron chi connectivity index (χ1n) is 8.17. The van der Waals surface area contributed by atoms with Gasteiger partial charge < -0.3 is 5.11 Å². The van der Waals surface area contributed by atoms with E-state index in [9.17, 15) is 27.1 Å². The molecule has 29 heavy (non-hydrogen) atoms. The van der Waals surface area contributed by atoms with Crippen LogP contribution < -0.4 is 0 Å². The van der Waals surface area contributed by atoms with E-state index >= 15 is 0 Å². The number of alkyl halides is 3. The number of fused-ring (bicyclic) bond motifs is 3. The summed E-state index contributed by atoms with van der Waals surface area (Å²) in [5.74, 6) is -1.84. The van der Waals surface area contributed by atoms with Crippen molar-refractivity contribution in [1.29, 1.82) is 0 Å². The Hall–Kier alpha value is -2.85. The summed E-state index contributed by atoms with van der Waals surface area (Å²) in [5.41, 5.74) is -2.51. The van der Waals surface area contributed by atoms with Gasteiger partial charge in [0.25, 0.3) is 0 Å². The molecule has 1 N–H and O–H groups in total. The molecule has 2 aromatic carbocycles. The average molecular weight is 429 g/mol. The molecule has 0 aliphatic carbocycles. The van der Waals surface area contributed by atoms with Crippen LogP contribution in [0.3, 0.4) is 0 Å². The predicted octanol–water partition coefficient (Wildman–Crippen LogP) is 4.06. The van der Waals surface area contributed by atoms with E-state index in [0.717, 1.165) is 30.3 Å². The van der Waals surface area contributed by atoms with Crippen LogP contribution in [0.2, 0.25) is 5.02 Å². The van der Waals surface area contributed by atoms with Crippen molar-refractivity contribution in [3.8, 4) is 5.69 Å². The molecule has 1 aliphatic heterocycles.